The predicted molar refractivity (Wildman–Crippen MR) is 64.0 cm³/mol. The Bertz CT molecular complexity index is 408. The Morgan fingerprint density at radius 3 is 2.53 bits per heavy atom. The van der Waals surface area contributed by atoms with Crippen LogP contribution >= 0.6 is 11.6 Å². The van der Waals surface area contributed by atoms with Crippen molar-refractivity contribution < 1.29 is 0 Å². The first kappa shape index (κ1) is 11.6. The molecular formula is C11H12ClN3. The molecule has 15 heavy (non-hydrogen) atoms. The molecular weight excluding hydrogens is 210 g/mol. The number of hydrogen-bond acceptors (Lipinski definition) is 1. The molecule has 0 bridgehead atoms. The predicted octanol–water partition coefficient (Wildman–Crippen LogP) is 4.28. The summed E-state index contributed by atoms with van der Waals surface area (Å²) in [7, 11) is 0. The van der Waals surface area contributed by atoms with Crippen LogP contribution < -0.4 is 0 Å². The molecule has 0 aliphatic rings. The lowest BCUT2D eigenvalue weighted by atomic mass is 10.0. The smallest absolute Gasteiger partial charge is 0.0443 e. The Morgan fingerprint density at radius 2 is 2.00 bits per heavy atom. The van der Waals surface area contributed by atoms with Gasteiger partial charge in [0.1, 0.15) is 0 Å². The topological polar surface area (TPSA) is 48.8 Å². The first-order valence-electron chi connectivity index (χ1n) is 4.59. The maximum atomic E-state index is 8.12. The van der Waals surface area contributed by atoms with Crippen LogP contribution in [0, 0.1) is 13.8 Å². The highest BCUT2D eigenvalue weighted by Crippen LogP contribution is 2.21. The molecule has 0 amide bonds. The van der Waals surface area contributed by atoms with Gasteiger partial charge in [-0.3, -0.25) is 0 Å². The van der Waals surface area contributed by atoms with E-state index in [1.165, 1.54) is 0 Å². The fourth-order valence-electron chi connectivity index (χ4n) is 1.44. The molecule has 1 aromatic rings. The van der Waals surface area contributed by atoms with Gasteiger partial charge in [0.25, 0.3) is 0 Å². The molecule has 3 nitrogen and oxygen atoms in total. The zero-order valence-electron chi connectivity index (χ0n) is 8.74. The zero-order valence-corrected chi connectivity index (χ0v) is 9.49. The van der Waals surface area contributed by atoms with E-state index in [0.29, 0.717) is 6.54 Å². The van der Waals surface area contributed by atoms with Crippen molar-refractivity contribution in [2.75, 3.05) is 6.54 Å². The summed E-state index contributed by atoms with van der Waals surface area (Å²) in [5.41, 5.74) is 11.5. The van der Waals surface area contributed by atoms with Crippen molar-refractivity contribution in [2.24, 2.45) is 5.11 Å². The highest BCUT2D eigenvalue weighted by atomic mass is 35.5. The minimum absolute atomic E-state index is 0.373. The summed E-state index contributed by atoms with van der Waals surface area (Å²) in [5, 5.41) is 4.18. The van der Waals surface area contributed by atoms with Crippen molar-refractivity contribution in [3.63, 3.8) is 0 Å². The van der Waals surface area contributed by atoms with Crippen molar-refractivity contribution in [3.05, 3.63) is 50.4 Å². The Hall–Kier alpha value is -1.44. The number of nitrogens with zero attached hydrogens (tertiary/aromatic N) is 3. The van der Waals surface area contributed by atoms with Crippen LogP contribution in [0.25, 0.3) is 16.5 Å². The monoisotopic (exact) mass is 221 g/mol. The standard InChI is InChI=1S/C11H12ClN3/c1-8-6-10(12)7-9(2)11(8)4-3-5-14-15-13/h3-4,6-7H,5H2,1-2H3. The maximum absolute atomic E-state index is 8.12. The summed E-state index contributed by atoms with van der Waals surface area (Å²) >= 11 is 5.92. The molecule has 0 N–H and O–H groups in total. The molecule has 0 aliphatic carbocycles. The Labute approximate surface area is 94.0 Å². The first-order chi connectivity index (χ1) is 7.15. The summed E-state index contributed by atoms with van der Waals surface area (Å²) in [6, 6.07) is 3.84. The molecule has 4 heteroatoms. The van der Waals surface area contributed by atoms with Gasteiger partial charge < -0.3 is 0 Å². The average molecular weight is 222 g/mol. The van der Waals surface area contributed by atoms with Gasteiger partial charge in [-0.15, -0.1) is 0 Å². The van der Waals surface area contributed by atoms with Gasteiger partial charge in [0.05, 0.1) is 0 Å². The van der Waals surface area contributed by atoms with Gasteiger partial charge in [-0.2, -0.15) is 0 Å². The van der Waals surface area contributed by atoms with E-state index in [4.69, 9.17) is 17.1 Å². The van der Waals surface area contributed by atoms with E-state index in [1.54, 1.807) is 0 Å². The lowest BCUT2D eigenvalue weighted by Gasteiger charge is -2.05. The third kappa shape index (κ3) is 3.31. The van der Waals surface area contributed by atoms with Gasteiger partial charge in [-0.05, 0) is 48.2 Å². The number of azide groups is 1. The summed E-state index contributed by atoms with van der Waals surface area (Å²) in [4.78, 5) is 2.68. The molecule has 0 fully saturated rings. The van der Waals surface area contributed by atoms with E-state index in [9.17, 15) is 0 Å². The lowest BCUT2D eigenvalue weighted by molar-refractivity contribution is 1.22. The van der Waals surface area contributed by atoms with Gasteiger partial charge in [-0.25, -0.2) is 0 Å². The molecule has 78 valence electrons. The van der Waals surface area contributed by atoms with Gasteiger partial charge in [-0.1, -0.05) is 28.9 Å². The average Bonchev–Trinajstić information content (AvgIpc) is 2.15. The maximum Gasteiger partial charge on any atom is 0.0443 e. The van der Waals surface area contributed by atoms with Gasteiger partial charge >= 0.3 is 0 Å². The lowest BCUT2D eigenvalue weighted by Crippen LogP contribution is -1.86. The van der Waals surface area contributed by atoms with Crippen LogP contribution in [0.4, 0.5) is 0 Å². The highest BCUT2D eigenvalue weighted by molar-refractivity contribution is 6.30. The Morgan fingerprint density at radius 1 is 1.40 bits per heavy atom. The Kier molecular flexibility index (Phi) is 4.22. The largest absolute Gasteiger partial charge is 0.0899 e. The number of halogens is 1. The molecule has 0 saturated carbocycles. The number of benzene rings is 1. The molecule has 0 spiro atoms. The van der Waals surface area contributed by atoms with Crippen molar-refractivity contribution >= 4 is 17.7 Å². The first-order valence-corrected chi connectivity index (χ1v) is 4.97. The number of hydrogen-bond donors (Lipinski definition) is 0. The van der Waals surface area contributed by atoms with E-state index < -0.39 is 0 Å². The van der Waals surface area contributed by atoms with Crippen LogP contribution in [-0.4, -0.2) is 6.54 Å². The summed E-state index contributed by atoms with van der Waals surface area (Å²) < 4.78 is 0. The summed E-state index contributed by atoms with van der Waals surface area (Å²) in [5.74, 6) is 0. The van der Waals surface area contributed by atoms with Crippen LogP contribution in [-0.2, 0) is 0 Å². The molecule has 0 radical (unpaired) electrons. The second-order valence-electron chi connectivity index (χ2n) is 3.27. The fourth-order valence-corrected chi connectivity index (χ4v) is 1.77. The van der Waals surface area contributed by atoms with Crippen LogP contribution in [0.1, 0.15) is 16.7 Å². The van der Waals surface area contributed by atoms with Crippen molar-refractivity contribution in [2.45, 2.75) is 13.8 Å². The van der Waals surface area contributed by atoms with Crippen LogP contribution in [0.2, 0.25) is 5.02 Å². The third-order valence-electron chi connectivity index (χ3n) is 2.09. The second-order valence-corrected chi connectivity index (χ2v) is 3.71. The molecule has 0 atom stereocenters. The molecule has 1 aromatic carbocycles. The van der Waals surface area contributed by atoms with Crippen LogP contribution in [0.15, 0.2) is 23.3 Å². The van der Waals surface area contributed by atoms with Crippen molar-refractivity contribution in [1.29, 1.82) is 0 Å². The number of rotatable bonds is 3. The van der Waals surface area contributed by atoms with E-state index in [1.807, 2.05) is 38.1 Å². The SMILES string of the molecule is Cc1cc(Cl)cc(C)c1C=CCN=[N+]=[N-]. The molecule has 0 aromatic heterocycles. The quantitative estimate of drug-likeness (QED) is 0.416. The normalized spacial score (nSPS) is 10.3. The van der Waals surface area contributed by atoms with Gasteiger partial charge in [0.15, 0.2) is 0 Å². The highest BCUT2D eigenvalue weighted by Gasteiger charge is 2.00. The fraction of sp³-hybridized carbons (Fsp3) is 0.273. The van der Waals surface area contributed by atoms with E-state index in [0.717, 1.165) is 21.7 Å². The van der Waals surface area contributed by atoms with E-state index in [2.05, 4.69) is 10.0 Å². The number of aryl methyl sites for hydroxylation is 2. The summed E-state index contributed by atoms with van der Waals surface area (Å²) in [6.45, 7) is 4.39. The van der Waals surface area contributed by atoms with Gasteiger partial charge in [0, 0.05) is 16.5 Å². The van der Waals surface area contributed by atoms with Gasteiger partial charge in [0.2, 0.25) is 0 Å². The molecule has 0 unspecified atom stereocenters. The van der Waals surface area contributed by atoms with Crippen molar-refractivity contribution in [3.8, 4) is 0 Å². The summed E-state index contributed by atoms with van der Waals surface area (Å²) in [6.07, 6.45) is 3.79. The minimum Gasteiger partial charge on any atom is -0.0899 e. The molecule has 0 saturated heterocycles. The van der Waals surface area contributed by atoms with Crippen LogP contribution in [0.5, 0.6) is 0 Å². The molecule has 0 aliphatic heterocycles. The third-order valence-corrected chi connectivity index (χ3v) is 2.31. The molecule has 1 rings (SSSR count). The molecule has 0 heterocycles. The van der Waals surface area contributed by atoms with E-state index in [-0.39, 0.29) is 0 Å². The van der Waals surface area contributed by atoms with Crippen molar-refractivity contribution in [1.82, 2.24) is 0 Å². The Balaban J connectivity index is 2.94. The second kappa shape index (κ2) is 5.44. The van der Waals surface area contributed by atoms with Crippen LogP contribution in [0.3, 0.4) is 0 Å². The minimum atomic E-state index is 0.373. The zero-order chi connectivity index (χ0) is 11.3. The van der Waals surface area contributed by atoms with E-state index >= 15 is 0 Å².